The van der Waals surface area contributed by atoms with Crippen molar-refractivity contribution in [3.63, 3.8) is 0 Å². The van der Waals surface area contributed by atoms with E-state index in [2.05, 4.69) is 17.1 Å². The molecule has 1 saturated heterocycles. The minimum atomic E-state index is -0.287. The summed E-state index contributed by atoms with van der Waals surface area (Å²) in [6.07, 6.45) is 0. The Morgan fingerprint density at radius 2 is 2.40 bits per heavy atom. The number of rotatable bonds is 1. The molecule has 4 heteroatoms. The molecule has 0 aromatic heterocycles. The second-order valence-electron chi connectivity index (χ2n) is 2.98. The summed E-state index contributed by atoms with van der Waals surface area (Å²) >= 11 is 0. The molecule has 0 unspecified atom stereocenters. The van der Waals surface area contributed by atoms with Crippen molar-refractivity contribution < 1.29 is 5.02 Å². The van der Waals surface area contributed by atoms with Gasteiger partial charge < -0.3 is 15.2 Å². The highest BCUT2D eigenvalue weighted by molar-refractivity contribution is 6.45. The van der Waals surface area contributed by atoms with E-state index >= 15 is 0 Å². The molecule has 0 amide bonds. The molecule has 1 atom stereocenters. The molecule has 58 valence electrons. The van der Waals surface area contributed by atoms with Gasteiger partial charge in [-0.25, -0.2) is 0 Å². The Bertz CT molecular complexity index is 110. The Hall–Kier alpha value is -0.0551. The van der Waals surface area contributed by atoms with Gasteiger partial charge in [-0.2, -0.15) is 0 Å². The predicted octanol–water partition coefficient (Wildman–Crippen LogP) is -0.610. The first-order chi connectivity index (χ1) is 4.70. The van der Waals surface area contributed by atoms with E-state index < -0.39 is 0 Å². The van der Waals surface area contributed by atoms with Gasteiger partial charge in [0, 0.05) is 25.7 Å². The maximum atomic E-state index is 9.19. The third kappa shape index (κ3) is 1.97. The second-order valence-corrected chi connectivity index (χ2v) is 2.98. The number of nitrogens with one attached hydrogen (secondary N) is 1. The number of hydrogen-bond donors (Lipinski definition) is 2. The van der Waals surface area contributed by atoms with E-state index in [4.69, 9.17) is 0 Å². The van der Waals surface area contributed by atoms with Crippen molar-refractivity contribution in [2.75, 3.05) is 19.6 Å². The number of hydrogen-bond acceptors (Lipinski definition) is 3. The summed E-state index contributed by atoms with van der Waals surface area (Å²) in [6.45, 7) is 6.86. The maximum absolute atomic E-state index is 9.19. The molecule has 1 heterocycles. The summed E-state index contributed by atoms with van der Waals surface area (Å²) in [5.74, 6) is 0. The van der Waals surface area contributed by atoms with Crippen molar-refractivity contribution in [3.8, 4) is 0 Å². The molecule has 1 aliphatic heterocycles. The van der Waals surface area contributed by atoms with E-state index in [0.717, 1.165) is 19.6 Å². The van der Waals surface area contributed by atoms with Gasteiger partial charge in [-0.1, -0.05) is 0 Å². The zero-order chi connectivity index (χ0) is 7.56. The molecule has 0 saturated carbocycles. The van der Waals surface area contributed by atoms with Crippen LogP contribution in [0, 0.1) is 0 Å². The van der Waals surface area contributed by atoms with Gasteiger partial charge in [0.25, 0.3) is 0 Å². The molecular weight excluding hydrogens is 127 g/mol. The second kappa shape index (κ2) is 3.37. The van der Waals surface area contributed by atoms with Crippen LogP contribution in [0.1, 0.15) is 6.92 Å². The van der Waals surface area contributed by atoms with Crippen LogP contribution in [0.15, 0.2) is 0 Å². The quantitative estimate of drug-likeness (QED) is 0.479. The van der Waals surface area contributed by atoms with Crippen LogP contribution >= 0.6 is 0 Å². The molecule has 10 heavy (non-hydrogen) atoms. The third-order valence-electron chi connectivity index (χ3n) is 1.93. The first-order valence-corrected chi connectivity index (χ1v) is 3.85. The maximum Gasteiger partial charge on any atom is 0.376 e. The lowest BCUT2D eigenvalue weighted by Gasteiger charge is -2.32. The summed E-state index contributed by atoms with van der Waals surface area (Å²) in [4.78, 5) is 2.07. The van der Waals surface area contributed by atoms with E-state index in [9.17, 15) is 5.02 Å². The summed E-state index contributed by atoms with van der Waals surface area (Å²) < 4.78 is 0. The van der Waals surface area contributed by atoms with Crippen LogP contribution in [0.5, 0.6) is 0 Å². The topological polar surface area (TPSA) is 35.5 Å². The fraction of sp³-hybridized carbons (Fsp3) is 1.00. The lowest BCUT2D eigenvalue weighted by molar-refractivity contribution is 0.281. The monoisotopic (exact) mass is 142 g/mol. The van der Waals surface area contributed by atoms with Crippen LogP contribution in [0.2, 0.25) is 6.82 Å². The average molecular weight is 142 g/mol. The van der Waals surface area contributed by atoms with Gasteiger partial charge in [0.1, 0.15) is 0 Å². The first-order valence-electron chi connectivity index (χ1n) is 3.85. The van der Waals surface area contributed by atoms with Crippen molar-refractivity contribution in [1.29, 1.82) is 0 Å². The van der Waals surface area contributed by atoms with E-state index in [1.165, 1.54) is 0 Å². The molecule has 0 spiro atoms. The minimum Gasteiger partial charge on any atom is -0.437 e. The van der Waals surface area contributed by atoms with Crippen LogP contribution in [-0.2, 0) is 0 Å². The van der Waals surface area contributed by atoms with Crippen LogP contribution < -0.4 is 5.32 Å². The fourth-order valence-electron chi connectivity index (χ4n) is 1.30. The van der Waals surface area contributed by atoms with E-state index in [1.54, 1.807) is 0 Å². The van der Waals surface area contributed by atoms with E-state index in [1.807, 2.05) is 6.82 Å². The molecule has 0 aromatic carbocycles. The third-order valence-corrected chi connectivity index (χ3v) is 1.93. The van der Waals surface area contributed by atoms with Crippen LogP contribution in [0.4, 0.5) is 0 Å². The van der Waals surface area contributed by atoms with Gasteiger partial charge in [-0.05, 0) is 13.7 Å². The molecule has 1 aliphatic rings. The highest BCUT2D eigenvalue weighted by Gasteiger charge is 2.21. The largest absolute Gasteiger partial charge is 0.437 e. The fourth-order valence-corrected chi connectivity index (χ4v) is 1.30. The normalized spacial score (nSPS) is 28.5. The van der Waals surface area contributed by atoms with Crippen molar-refractivity contribution in [3.05, 3.63) is 0 Å². The minimum absolute atomic E-state index is 0.287. The molecule has 0 aliphatic carbocycles. The lowest BCUT2D eigenvalue weighted by Crippen LogP contribution is -2.53. The number of piperazine rings is 1. The average Bonchev–Trinajstić information content (AvgIpc) is 1.88. The van der Waals surface area contributed by atoms with Gasteiger partial charge in [0.15, 0.2) is 0 Å². The summed E-state index contributed by atoms with van der Waals surface area (Å²) in [6, 6.07) is 0.517. The first kappa shape index (κ1) is 8.05. The molecule has 3 nitrogen and oxygen atoms in total. The molecule has 0 radical (unpaired) electrons. The van der Waals surface area contributed by atoms with E-state index in [0.29, 0.717) is 6.04 Å². The zero-order valence-electron chi connectivity index (χ0n) is 6.67. The SMILES string of the molecule is CB(O)N1CCN[C@H](C)C1. The Morgan fingerprint density at radius 1 is 1.70 bits per heavy atom. The van der Waals surface area contributed by atoms with Crippen molar-refractivity contribution in [1.82, 2.24) is 10.1 Å². The van der Waals surface area contributed by atoms with Crippen molar-refractivity contribution >= 4 is 7.05 Å². The van der Waals surface area contributed by atoms with Gasteiger partial charge in [-0.3, -0.25) is 0 Å². The smallest absolute Gasteiger partial charge is 0.376 e. The molecule has 0 aromatic rings. The Labute approximate surface area is 62.5 Å². The van der Waals surface area contributed by atoms with Crippen molar-refractivity contribution in [2.24, 2.45) is 0 Å². The Morgan fingerprint density at radius 3 is 2.80 bits per heavy atom. The van der Waals surface area contributed by atoms with Crippen LogP contribution in [0.3, 0.4) is 0 Å². The van der Waals surface area contributed by atoms with Crippen molar-refractivity contribution in [2.45, 2.75) is 19.8 Å². The highest BCUT2D eigenvalue weighted by atomic mass is 16.2. The molecule has 2 N–H and O–H groups in total. The molecule has 1 rings (SSSR count). The van der Waals surface area contributed by atoms with Crippen LogP contribution in [0.25, 0.3) is 0 Å². The molecule has 1 fully saturated rings. The van der Waals surface area contributed by atoms with Gasteiger partial charge in [0.05, 0.1) is 0 Å². The Kier molecular flexibility index (Phi) is 2.71. The standard InChI is InChI=1S/C6H15BN2O/c1-6-5-9(7(2)10)4-3-8-6/h6,8,10H,3-5H2,1-2H3/t6-/m1/s1. The van der Waals surface area contributed by atoms with Gasteiger partial charge in [0.2, 0.25) is 0 Å². The van der Waals surface area contributed by atoms with Crippen LogP contribution in [-0.4, -0.2) is 42.6 Å². The lowest BCUT2D eigenvalue weighted by atomic mass is 9.84. The van der Waals surface area contributed by atoms with E-state index in [-0.39, 0.29) is 7.05 Å². The number of nitrogens with zero attached hydrogens (tertiary/aromatic N) is 1. The molecular formula is C6H15BN2O. The van der Waals surface area contributed by atoms with Gasteiger partial charge in [-0.15, -0.1) is 0 Å². The summed E-state index contributed by atoms with van der Waals surface area (Å²) in [5.41, 5.74) is 0. The molecule has 0 bridgehead atoms. The Balaban J connectivity index is 2.32. The zero-order valence-corrected chi connectivity index (χ0v) is 6.67. The summed E-state index contributed by atoms with van der Waals surface area (Å²) in [7, 11) is -0.287. The summed E-state index contributed by atoms with van der Waals surface area (Å²) in [5, 5.41) is 12.5. The van der Waals surface area contributed by atoms with Gasteiger partial charge >= 0.3 is 7.05 Å². The highest BCUT2D eigenvalue weighted by Crippen LogP contribution is 1.98. The predicted molar refractivity (Wildman–Crippen MR) is 42.9 cm³/mol.